The average molecular weight is 405 g/mol. The molecule has 152 valence electrons. The van der Waals surface area contributed by atoms with Crippen molar-refractivity contribution in [2.75, 3.05) is 0 Å². The molecular formula is C22H19N3O5. The molecule has 1 aliphatic rings. The Kier molecular flexibility index (Phi) is 4.75. The van der Waals surface area contributed by atoms with Crippen LogP contribution in [0.3, 0.4) is 0 Å². The maximum atomic E-state index is 12.9. The van der Waals surface area contributed by atoms with Crippen molar-refractivity contribution in [3.63, 3.8) is 0 Å². The molecule has 0 aliphatic carbocycles. The molecule has 3 aromatic rings. The molecule has 1 aliphatic heterocycles. The summed E-state index contributed by atoms with van der Waals surface area (Å²) in [5.74, 6) is -0.925. The van der Waals surface area contributed by atoms with Crippen LogP contribution in [-0.4, -0.2) is 32.4 Å². The molecule has 0 radical (unpaired) electrons. The molecule has 0 spiro atoms. The summed E-state index contributed by atoms with van der Waals surface area (Å²) in [7, 11) is 0. The first kappa shape index (κ1) is 19.3. The van der Waals surface area contributed by atoms with Gasteiger partial charge in [0.2, 0.25) is 0 Å². The number of hydrogen-bond acceptors (Lipinski definition) is 5. The number of nitrogens with one attached hydrogen (secondary N) is 1. The highest BCUT2D eigenvalue weighted by molar-refractivity contribution is 6.31. The first-order chi connectivity index (χ1) is 14.4. The molecule has 0 atom stereocenters. The molecule has 3 heterocycles. The van der Waals surface area contributed by atoms with E-state index in [1.165, 1.54) is 12.3 Å². The number of carbonyl (C=O) groups excluding carboxylic acids is 3. The molecule has 2 N–H and O–H groups in total. The fourth-order valence-corrected chi connectivity index (χ4v) is 3.51. The Morgan fingerprint density at radius 3 is 2.57 bits per heavy atom. The standard InChI is InChI=1S/C22H19N3O5/c1-13-10-15(14(2)25(13)18-7-3-4-8-19(18)26)11-17-20(27)23-22(29)24(21(17)28)12-16-6-5-9-30-16/h3-11,26H,12H2,1-2H3,(H,23,27,29). The van der Waals surface area contributed by atoms with E-state index in [9.17, 15) is 19.5 Å². The molecular weight excluding hydrogens is 386 g/mol. The lowest BCUT2D eigenvalue weighted by Gasteiger charge is -2.25. The van der Waals surface area contributed by atoms with Crippen LogP contribution in [0.4, 0.5) is 4.79 Å². The van der Waals surface area contributed by atoms with Gasteiger partial charge in [-0.15, -0.1) is 0 Å². The van der Waals surface area contributed by atoms with Crippen molar-refractivity contribution in [2.24, 2.45) is 0 Å². The molecule has 1 fully saturated rings. The van der Waals surface area contributed by atoms with E-state index >= 15 is 0 Å². The molecule has 0 unspecified atom stereocenters. The van der Waals surface area contributed by atoms with Gasteiger partial charge in [-0.2, -0.15) is 0 Å². The van der Waals surface area contributed by atoms with Crippen LogP contribution in [0.15, 0.2) is 58.7 Å². The number of benzene rings is 1. The van der Waals surface area contributed by atoms with Crippen molar-refractivity contribution in [3.8, 4) is 11.4 Å². The number of hydrogen-bond donors (Lipinski definition) is 2. The van der Waals surface area contributed by atoms with E-state index in [1.807, 2.05) is 30.5 Å². The number of furan rings is 1. The molecule has 4 amide bonds. The Bertz CT molecular complexity index is 1190. The quantitative estimate of drug-likeness (QED) is 0.513. The van der Waals surface area contributed by atoms with Crippen molar-refractivity contribution in [1.29, 1.82) is 0 Å². The zero-order valence-corrected chi connectivity index (χ0v) is 16.4. The summed E-state index contributed by atoms with van der Waals surface area (Å²) >= 11 is 0. The molecule has 30 heavy (non-hydrogen) atoms. The molecule has 1 saturated heterocycles. The van der Waals surface area contributed by atoms with E-state index in [1.54, 1.807) is 30.3 Å². The van der Waals surface area contributed by atoms with Crippen LogP contribution in [0.2, 0.25) is 0 Å². The van der Waals surface area contributed by atoms with Crippen LogP contribution < -0.4 is 5.32 Å². The molecule has 4 rings (SSSR count). The van der Waals surface area contributed by atoms with Gasteiger partial charge in [0.15, 0.2) is 0 Å². The summed E-state index contributed by atoms with van der Waals surface area (Å²) in [6.07, 6.45) is 2.90. The third-order valence-electron chi connectivity index (χ3n) is 4.97. The van der Waals surface area contributed by atoms with Gasteiger partial charge in [0.25, 0.3) is 11.8 Å². The number of para-hydroxylation sites is 2. The summed E-state index contributed by atoms with van der Waals surface area (Å²) in [5.41, 5.74) is 2.61. The zero-order chi connectivity index (χ0) is 21.4. The van der Waals surface area contributed by atoms with Crippen molar-refractivity contribution in [3.05, 3.63) is 77.0 Å². The topological polar surface area (TPSA) is 105 Å². The van der Waals surface area contributed by atoms with Gasteiger partial charge >= 0.3 is 6.03 Å². The molecule has 0 bridgehead atoms. The number of barbiturate groups is 1. The minimum atomic E-state index is -0.793. The van der Waals surface area contributed by atoms with E-state index in [0.29, 0.717) is 17.0 Å². The van der Waals surface area contributed by atoms with Gasteiger partial charge in [-0.1, -0.05) is 12.1 Å². The van der Waals surface area contributed by atoms with Crippen LogP contribution in [-0.2, 0) is 16.1 Å². The first-order valence-electron chi connectivity index (χ1n) is 9.25. The lowest BCUT2D eigenvalue weighted by Crippen LogP contribution is -2.53. The largest absolute Gasteiger partial charge is 0.506 e. The summed E-state index contributed by atoms with van der Waals surface area (Å²) in [4.78, 5) is 38.4. The molecule has 0 saturated carbocycles. The van der Waals surface area contributed by atoms with E-state index in [-0.39, 0.29) is 17.9 Å². The number of urea groups is 1. The third kappa shape index (κ3) is 3.28. The number of phenolic OH excluding ortho intramolecular Hbond substituents is 1. The van der Waals surface area contributed by atoms with Gasteiger partial charge in [-0.25, -0.2) is 4.79 Å². The van der Waals surface area contributed by atoms with Crippen molar-refractivity contribution in [1.82, 2.24) is 14.8 Å². The fraction of sp³-hybridized carbons (Fsp3) is 0.136. The summed E-state index contributed by atoms with van der Waals surface area (Å²) in [5, 5.41) is 12.4. The minimum absolute atomic E-state index is 0.0841. The van der Waals surface area contributed by atoms with Crippen LogP contribution in [0.1, 0.15) is 22.7 Å². The van der Waals surface area contributed by atoms with Gasteiger partial charge < -0.3 is 14.1 Å². The fourth-order valence-electron chi connectivity index (χ4n) is 3.51. The van der Waals surface area contributed by atoms with Crippen molar-refractivity contribution < 1.29 is 23.9 Å². The van der Waals surface area contributed by atoms with Crippen LogP contribution in [0.25, 0.3) is 11.8 Å². The van der Waals surface area contributed by atoms with E-state index in [2.05, 4.69) is 5.32 Å². The minimum Gasteiger partial charge on any atom is -0.506 e. The highest BCUT2D eigenvalue weighted by Gasteiger charge is 2.36. The number of imide groups is 2. The number of rotatable bonds is 4. The molecule has 8 heteroatoms. The number of amides is 4. The number of phenols is 1. The second-order valence-corrected chi connectivity index (χ2v) is 6.94. The highest BCUT2D eigenvalue weighted by Crippen LogP contribution is 2.28. The average Bonchev–Trinajstić information content (AvgIpc) is 3.31. The number of carbonyl (C=O) groups is 3. The van der Waals surface area contributed by atoms with E-state index in [4.69, 9.17) is 4.42 Å². The Balaban J connectivity index is 1.72. The van der Waals surface area contributed by atoms with Crippen molar-refractivity contribution >= 4 is 23.9 Å². The van der Waals surface area contributed by atoms with Gasteiger partial charge in [0.1, 0.15) is 17.1 Å². The predicted molar refractivity (Wildman–Crippen MR) is 108 cm³/mol. The molecule has 8 nitrogen and oxygen atoms in total. The van der Waals surface area contributed by atoms with Crippen LogP contribution in [0, 0.1) is 13.8 Å². The normalized spacial score (nSPS) is 15.7. The summed E-state index contributed by atoms with van der Waals surface area (Å²) < 4.78 is 7.04. The number of nitrogens with zero attached hydrogens (tertiary/aromatic N) is 2. The Labute approximate surface area is 172 Å². The van der Waals surface area contributed by atoms with Crippen LogP contribution in [0.5, 0.6) is 5.75 Å². The number of aromatic hydroxyl groups is 1. The van der Waals surface area contributed by atoms with E-state index < -0.39 is 17.8 Å². The van der Waals surface area contributed by atoms with Gasteiger partial charge in [0, 0.05) is 11.4 Å². The zero-order valence-electron chi connectivity index (χ0n) is 16.4. The van der Waals surface area contributed by atoms with Gasteiger partial charge in [-0.3, -0.25) is 19.8 Å². The van der Waals surface area contributed by atoms with Gasteiger partial charge in [-0.05, 0) is 55.8 Å². The van der Waals surface area contributed by atoms with Gasteiger partial charge in [0.05, 0.1) is 18.5 Å². The van der Waals surface area contributed by atoms with Crippen LogP contribution >= 0.6 is 0 Å². The lowest BCUT2D eigenvalue weighted by atomic mass is 10.1. The summed E-state index contributed by atoms with van der Waals surface area (Å²) in [6, 6.07) is 11.2. The summed E-state index contributed by atoms with van der Waals surface area (Å²) in [6.45, 7) is 3.60. The lowest BCUT2D eigenvalue weighted by molar-refractivity contribution is -0.130. The monoisotopic (exact) mass is 405 g/mol. The smallest absolute Gasteiger partial charge is 0.331 e. The van der Waals surface area contributed by atoms with Crippen molar-refractivity contribution in [2.45, 2.75) is 20.4 Å². The Morgan fingerprint density at radius 1 is 1.10 bits per heavy atom. The maximum absolute atomic E-state index is 12.9. The Morgan fingerprint density at radius 2 is 1.87 bits per heavy atom. The molecule has 1 aromatic carbocycles. The SMILES string of the molecule is Cc1cc(C=C2C(=O)NC(=O)N(Cc3ccco3)C2=O)c(C)n1-c1ccccc1O. The third-order valence-corrected chi connectivity index (χ3v) is 4.97. The number of aryl methyl sites for hydroxylation is 1. The second-order valence-electron chi connectivity index (χ2n) is 6.94. The highest BCUT2D eigenvalue weighted by atomic mass is 16.3. The molecule has 2 aromatic heterocycles. The first-order valence-corrected chi connectivity index (χ1v) is 9.25. The van der Waals surface area contributed by atoms with E-state index in [0.717, 1.165) is 16.3 Å². The second kappa shape index (κ2) is 7.40. The predicted octanol–water partition coefficient (Wildman–Crippen LogP) is 3.05. The maximum Gasteiger partial charge on any atom is 0.331 e. The Hall–Kier alpha value is -4.07. The number of aromatic nitrogens is 1.